The Balaban J connectivity index is 1.74. The Morgan fingerprint density at radius 2 is 1.60 bits per heavy atom. The van der Waals surface area contributed by atoms with Crippen molar-refractivity contribution in [3.05, 3.63) is 89.0 Å². The Bertz CT molecular complexity index is 1620. The molecule has 0 saturated carbocycles. The molecule has 11 nitrogen and oxygen atoms in total. The Hall–Kier alpha value is -5.03. The van der Waals surface area contributed by atoms with E-state index in [1.165, 1.54) is 64.7 Å². The summed E-state index contributed by atoms with van der Waals surface area (Å²) in [6.45, 7) is 1.40. The summed E-state index contributed by atoms with van der Waals surface area (Å²) in [5.74, 6) is -5.91. The number of ether oxygens (including phenoxy) is 3. The number of nitrogens with one attached hydrogen (secondary N) is 1. The number of methoxy groups -OCH3 is 3. The van der Waals surface area contributed by atoms with Crippen LogP contribution in [0.3, 0.4) is 0 Å². The molecular formula is C32H30N2O9. The normalized spacial score (nSPS) is 22.7. The average molecular weight is 587 g/mol. The van der Waals surface area contributed by atoms with Gasteiger partial charge in [-0.3, -0.25) is 24.5 Å². The Morgan fingerprint density at radius 1 is 0.930 bits per heavy atom. The molecule has 3 aromatic rings. The van der Waals surface area contributed by atoms with Gasteiger partial charge < -0.3 is 19.3 Å². The minimum Gasteiger partial charge on any atom is -0.497 e. The highest BCUT2D eigenvalue weighted by atomic mass is 16.5. The smallest absolute Gasteiger partial charge is 0.341 e. The van der Waals surface area contributed by atoms with Crippen LogP contribution >= 0.6 is 0 Å². The van der Waals surface area contributed by atoms with E-state index in [1.54, 1.807) is 30.3 Å². The maximum Gasteiger partial charge on any atom is 0.341 e. The molecule has 0 spiro atoms. The highest BCUT2D eigenvalue weighted by molar-refractivity contribution is 6.24. The molecule has 3 aromatic carbocycles. The van der Waals surface area contributed by atoms with Gasteiger partial charge in [0, 0.05) is 24.1 Å². The van der Waals surface area contributed by atoms with Crippen molar-refractivity contribution in [1.29, 1.82) is 0 Å². The molecule has 5 rings (SSSR count). The Morgan fingerprint density at radius 3 is 2.16 bits per heavy atom. The van der Waals surface area contributed by atoms with Gasteiger partial charge in [-0.15, -0.1) is 0 Å². The second-order valence-corrected chi connectivity index (χ2v) is 10.5. The molecule has 2 heterocycles. The van der Waals surface area contributed by atoms with Crippen molar-refractivity contribution < 1.29 is 43.3 Å². The summed E-state index contributed by atoms with van der Waals surface area (Å²) in [5.41, 5.74) is -0.586. The fraction of sp³-hybridized carbons (Fsp3) is 0.281. The zero-order chi connectivity index (χ0) is 31.1. The molecule has 0 radical (unpaired) electrons. The summed E-state index contributed by atoms with van der Waals surface area (Å²) < 4.78 is 15.9. The summed E-state index contributed by atoms with van der Waals surface area (Å²) in [5, 5.41) is 13.9. The van der Waals surface area contributed by atoms with Crippen molar-refractivity contribution in [3.8, 4) is 11.5 Å². The van der Waals surface area contributed by atoms with Crippen LogP contribution in [0, 0.1) is 11.8 Å². The lowest BCUT2D eigenvalue weighted by molar-refractivity contribution is -0.148. The first kappa shape index (κ1) is 29.5. The summed E-state index contributed by atoms with van der Waals surface area (Å²) in [7, 11) is 3.95. The van der Waals surface area contributed by atoms with Gasteiger partial charge in [0.15, 0.2) is 5.78 Å². The second kappa shape index (κ2) is 11.3. The molecule has 2 amide bonds. The van der Waals surface area contributed by atoms with Gasteiger partial charge in [-0.2, -0.15) is 0 Å². The number of carboxylic acids is 1. The largest absolute Gasteiger partial charge is 0.497 e. The van der Waals surface area contributed by atoms with E-state index in [1.807, 2.05) is 0 Å². The highest BCUT2D eigenvalue weighted by Crippen LogP contribution is 2.52. The van der Waals surface area contributed by atoms with Crippen molar-refractivity contribution in [1.82, 2.24) is 5.32 Å². The molecule has 2 saturated heterocycles. The second-order valence-electron chi connectivity index (χ2n) is 10.5. The minimum atomic E-state index is -1.94. The van der Waals surface area contributed by atoms with Gasteiger partial charge in [0.25, 0.3) is 0 Å². The molecular weight excluding hydrogens is 556 g/mol. The van der Waals surface area contributed by atoms with Crippen LogP contribution in [0.1, 0.15) is 44.8 Å². The van der Waals surface area contributed by atoms with Crippen LogP contribution in [-0.2, 0) is 25.5 Å². The number of ketones is 1. The van der Waals surface area contributed by atoms with E-state index in [2.05, 4.69) is 5.32 Å². The number of hydrogen-bond acceptors (Lipinski definition) is 9. The van der Waals surface area contributed by atoms with Crippen molar-refractivity contribution in [2.24, 2.45) is 11.8 Å². The van der Waals surface area contributed by atoms with Crippen molar-refractivity contribution in [3.63, 3.8) is 0 Å². The third kappa shape index (κ3) is 4.81. The lowest BCUT2D eigenvalue weighted by Gasteiger charge is -2.31. The number of anilines is 1. The van der Waals surface area contributed by atoms with E-state index in [-0.39, 0.29) is 40.5 Å². The fourth-order valence-electron chi connectivity index (χ4n) is 6.18. The van der Waals surface area contributed by atoms with Crippen molar-refractivity contribution in [2.75, 3.05) is 26.2 Å². The predicted octanol–water partition coefficient (Wildman–Crippen LogP) is 3.21. The van der Waals surface area contributed by atoms with Gasteiger partial charge in [0.05, 0.1) is 38.9 Å². The quantitative estimate of drug-likeness (QED) is 0.218. The highest BCUT2D eigenvalue weighted by Gasteiger charge is 2.69. The number of carbonyl (C=O) groups is 5. The third-order valence-corrected chi connectivity index (χ3v) is 8.18. The number of aliphatic carboxylic acids is 1. The lowest BCUT2D eigenvalue weighted by atomic mass is 9.76. The fourth-order valence-corrected chi connectivity index (χ4v) is 6.18. The van der Waals surface area contributed by atoms with E-state index in [0.29, 0.717) is 11.1 Å². The topological polar surface area (TPSA) is 149 Å². The van der Waals surface area contributed by atoms with E-state index in [4.69, 9.17) is 14.2 Å². The van der Waals surface area contributed by atoms with Crippen LogP contribution in [-0.4, -0.2) is 61.5 Å². The molecule has 4 atom stereocenters. The van der Waals surface area contributed by atoms with Crippen LogP contribution in [0.2, 0.25) is 0 Å². The minimum absolute atomic E-state index is 0.0348. The van der Waals surface area contributed by atoms with E-state index < -0.39 is 47.2 Å². The summed E-state index contributed by atoms with van der Waals surface area (Å²) in [4.78, 5) is 67.6. The zero-order valence-electron chi connectivity index (χ0n) is 24.0. The standard InChI is InChI=1S/C32H30N2O9/c1-17(35)19-10-12-20(13-11-19)34-28(36)25-26(29(34)37)32(31(39)40,16-18-8-6-5-7-9-18)33-27(25)22-14-21(41-2)15-23(42-3)24(22)30(38)43-4/h5-15,25-27,33H,16H2,1-4H3,(H,39,40). The number of amides is 2. The summed E-state index contributed by atoms with van der Waals surface area (Å²) in [6, 6.07) is 16.6. The zero-order valence-corrected chi connectivity index (χ0v) is 24.0. The molecule has 222 valence electrons. The summed E-state index contributed by atoms with van der Waals surface area (Å²) >= 11 is 0. The third-order valence-electron chi connectivity index (χ3n) is 8.18. The van der Waals surface area contributed by atoms with E-state index in [9.17, 15) is 29.1 Å². The van der Waals surface area contributed by atoms with Crippen LogP contribution in [0.15, 0.2) is 66.7 Å². The molecule has 4 unspecified atom stereocenters. The van der Waals surface area contributed by atoms with Gasteiger partial charge >= 0.3 is 11.9 Å². The van der Waals surface area contributed by atoms with E-state index in [0.717, 1.165) is 4.90 Å². The number of benzene rings is 3. The molecule has 43 heavy (non-hydrogen) atoms. The Kier molecular flexibility index (Phi) is 7.76. The number of fused-ring (bicyclic) bond motifs is 1. The predicted molar refractivity (Wildman–Crippen MR) is 153 cm³/mol. The van der Waals surface area contributed by atoms with Gasteiger partial charge in [-0.05, 0) is 48.4 Å². The van der Waals surface area contributed by atoms with Crippen molar-refractivity contribution >= 4 is 35.2 Å². The first-order valence-corrected chi connectivity index (χ1v) is 13.5. The Labute approximate surface area is 247 Å². The van der Waals surface area contributed by atoms with Crippen molar-refractivity contribution in [2.45, 2.75) is 24.9 Å². The average Bonchev–Trinajstić information content (AvgIpc) is 3.49. The number of Topliss-reactive ketones (excluding diaryl/α,β-unsaturated/α-hetero) is 1. The van der Waals surface area contributed by atoms with Gasteiger partial charge in [0.2, 0.25) is 11.8 Å². The molecule has 0 aliphatic carbocycles. The van der Waals surface area contributed by atoms with Gasteiger partial charge in [-0.25, -0.2) is 9.69 Å². The summed E-state index contributed by atoms with van der Waals surface area (Å²) in [6.07, 6.45) is -0.133. The van der Waals surface area contributed by atoms with E-state index >= 15 is 0 Å². The molecule has 2 aliphatic heterocycles. The van der Waals surface area contributed by atoms with Gasteiger partial charge in [-0.1, -0.05) is 30.3 Å². The number of carboxylic acid groups (broad SMARTS) is 1. The number of carbonyl (C=O) groups excluding carboxylic acids is 4. The number of nitrogens with zero attached hydrogens (tertiary/aromatic N) is 1. The lowest BCUT2D eigenvalue weighted by Crippen LogP contribution is -2.57. The maximum atomic E-state index is 14.2. The molecule has 11 heteroatoms. The van der Waals surface area contributed by atoms with Crippen LogP contribution in [0.5, 0.6) is 11.5 Å². The molecule has 0 bridgehead atoms. The number of rotatable bonds is 9. The van der Waals surface area contributed by atoms with Crippen LogP contribution in [0.4, 0.5) is 5.69 Å². The van der Waals surface area contributed by atoms with Crippen LogP contribution in [0.25, 0.3) is 0 Å². The maximum absolute atomic E-state index is 14.2. The monoisotopic (exact) mass is 586 g/mol. The molecule has 0 aromatic heterocycles. The van der Waals surface area contributed by atoms with Crippen LogP contribution < -0.4 is 19.7 Å². The number of hydrogen-bond donors (Lipinski definition) is 2. The first-order chi connectivity index (χ1) is 20.6. The number of imide groups is 1. The molecule has 2 N–H and O–H groups in total. The molecule has 2 aliphatic rings. The molecule has 2 fully saturated rings. The SMILES string of the molecule is COC(=O)c1c(OC)cc(OC)cc1C1NC(Cc2ccccc2)(C(=O)O)C2C(=O)N(c3ccc(C(C)=O)cc3)C(=O)C12. The van der Waals surface area contributed by atoms with Gasteiger partial charge in [0.1, 0.15) is 22.6 Å². The first-order valence-electron chi connectivity index (χ1n) is 13.5. The number of esters is 1.